The molecule has 0 spiro atoms. The molecular weight excluding hydrogens is 229 g/mol. The van der Waals surface area contributed by atoms with Crippen molar-refractivity contribution < 1.29 is 13.2 Å². The van der Waals surface area contributed by atoms with Crippen LogP contribution in [0.2, 0.25) is 0 Å². The van der Waals surface area contributed by atoms with Crippen LogP contribution in [0.1, 0.15) is 32.6 Å². The van der Waals surface area contributed by atoms with Crippen molar-refractivity contribution in [2.45, 2.75) is 38.8 Å². The molecule has 1 fully saturated rings. The molecule has 0 radical (unpaired) electrons. The van der Waals surface area contributed by atoms with Gasteiger partial charge in [0.2, 0.25) is 0 Å². The predicted molar refractivity (Wildman–Crippen MR) is 62.7 cm³/mol. The fraction of sp³-hybridized carbons (Fsp3) is 1.00. The van der Waals surface area contributed by atoms with Crippen molar-refractivity contribution in [3.05, 3.63) is 0 Å². The van der Waals surface area contributed by atoms with E-state index >= 15 is 0 Å². The van der Waals surface area contributed by atoms with Crippen LogP contribution in [-0.4, -0.2) is 37.8 Å². The Morgan fingerprint density at radius 2 is 1.94 bits per heavy atom. The zero-order valence-electron chi connectivity index (χ0n) is 10.7. The molecule has 0 saturated heterocycles. The van der Waals surface area contributed by atoms with Gasteiger partial charge in [0.15, 0.2) is 0 Å². The Bertz CT molecular complexity index is 236. The van der Waals surface area contributed by atoms with E-state index < -0.39 is 11.6 Å². The first kappa shape index (κ1) is 14.8. The first-order valence-electron chi connectivity index (χ1n) is 6.26. The van der Waals surface area contributed by atoms with Crippen molar-refractivity contribution >= 4 is 0 Å². The van der Waals surface area contributed by atoms with Crippen LogP contribution >= 0.6 is 0 Å². The summed E-state index contributed by atoms with van der Waals surface area (Å²) < 4.78 is 38.8. The van der Waals surface area contributed by atoms with Crippen LogP contribution < -0.4 is 5.73 Å². The van der Waals surface area contributed by atoms with E-state index in [2.05, 4.69) is 0 Å². The van der Waals surface area contributed by atoms with Gasteiger partial charge in [-0.05, 0) is 45.3 Å². The zero-order chi connectivity index (χ0) is 13.1. The van der Waals surface area contributed by atoms with Crippen molar-refractivity contribution in [2.75, 3.05) is 26.7 Å². The molecule has 0 aromatic carbocycles. The summed E-state index contributed by atoms with van der Waals surface area (Å²) in [5.41, 5.74) is 4.06. The van der Waals surface area contributed by atoms with Gasteiger partial charge in [0, 0.05) is 6.54 Å². The van der Waals surface area contributed by atoms with Gasteiger partial charge in [-0.25, -0.2) is 0 Å². The third-order valence-electron chi connectivity index (χ3n) is 3.89. The van der Waals surface area contributed by atoms with E-state index in [9.17, 15) is 13.2 Å². The lowest BCUT2D eigenvalue weighted by Gasteiger charge is -2.45. The lowest BCUT2D eigenvalue weighted by atomic mass is 9.68. The molecule has 0 aromatic heterocycles. The molecule has 0 bridgehead atoms. The summed E-state index contributed by atoms with van der Waals surface area (Å²) in [6.07, 6.45) is -1.92. The van der Waals surface area contributed by atoms with Crippen molar-refractivity contribution in [1.82, 2.24) is 4.90 Å². The Kier molecular flexibility index (Phi) is 4.84. The number of nitrogens with two attached hydrogens (primary N) is 1. The van der Waals surface area contributed by atoms with Gasteiger partial charge in [-0.15, -0.1) is 0 Å². The Morgan fingerprint density at radius 1 is 1.35 bits per heavy atom. The van der Waals surface area contributed by atoms with Gasteiger partial charge in [-0.2, -0.15) is 13.2 Å². The summed E-state index contributed by atoms with van der Waals surface area (Å²) in [7, 11) is 1.77. The van der Waals surface area contributed by atoms with E-state index in [1.54, 1.807) is 11.9 Å². The maximum Gasteiger partial charge on any atom is 0.395 e. The molecule has 2 N–H and O–H groups in total. The number of hydrogen-bond donors (Lipinski definition) is 1. The monoisotopic (exact) mass is 252 g/mol. The molecule has 0 aromatic rings. The molecule has 1 rings (SSSR count). The SMILES string of the molecule is CC(CN)CCN(C)CC1(C(F)(F)F)CCC1. The Morgan fingerprint density at radius 3 is 2.29 bits per heavy atom. The first-order chi connectivity index (χ1) is 7.81. The van der Waals surface area contributed by atoms with Gasteiger partial charge in [0.1, 0.15) is 0 Å². The van der Waals surface area contributed by atoms with E-state index in [-0.39, 0.29) is 19.4 Å². The fourth-order valence-electron chi connectivity index (χ4n) is 2.29. The average Bonchev–Trinajstić information content (AvgIpc) is 2.17. The quantitative estimate of drug-likeness (QED) is 0.787. The Labute approximate surface area is 101 Å². The molecule has 17 heavy (non-hydrogen) atoms. The summed E-state index contributed by atoms with van der Waals surface area (Å²) in [5, 5.41) is 0. The van der Waals surface area contributed by atoms with E-state index in [1.807, 2.05) is 6.92 Å². The zero-order valence-corrected chi connectivity index (χ0v) is 10.7. The number of alkyl halides is 3. The summed E-state index contributed by atoms with van der Waals surface area (Å²) >= 11 is 0. The highest BCUT2D eigenvalue weighted by molar-refractivity contribution is 4.95. The third kappa shape index (κ3) is 3.58. The highest BCUT2D eigenvalue weighted by atomic mass is 19.4. The summed E-state index contributed by atoms with van der Waals surface area (Å²) in [6, 6.07) is 0. The second-order valence-corrected chi connectivity index (χ2v) is 5.50. The standard InChI is InChI=1S/C12H23F3N2/c1-10(8-16)4-7-17(2)9-11(5-3-6-11)12(13,14)15/h10H,3-9,16H2,1-2H3. The summed E-state index contributed by atoms with van der Waals surface area (Å²) in [5.74, 6) is 0.376. The smallest absolute Gasteiger partial charge is 0.330 e. The number of rotatable bonds is 6. The van der Waals surface area contributed by atoms with Gasteiger partial charge in [-0.3, -0.25) is 0 Å². The van der Waals surface area contributed by atoms with E-state index in [0.717, 1.165) is 6.42 Å². The van der Waals surface area contributed by atoms with Gasteiger partial charge < -0.3 is 10.6 Å². The second-order valence-electron chi connectivity index (χ2n) is 5.50. The number of halogens is 3. The van der Waals surface area contributed by atoms with Crippen LogP contribution in [0, 0.1) is 11.3 Å². The van der Waals surface area contributed by atoms with E-state index in [0.29, 0.717) is 25.4 Å². The minimum absolute atomic E-state index is 0.133. The molecule has 1 unspecified atom stereocenters. The predicted octanol–water partition coefficient (Wildman–Crippen LogP) is 2.64. The van der Waals surface area contributed by atoms with Gasteiger partial charge in [0.05, 0.1) is 5.41 Å². The summed E-state index contributed by atoms with van der Waals surface area (Å²) in [4.78, 5) is 1.80. The maximum atomic E-state index is 12.9. The van der Waals surface area contributed by atoms with Crippen LogP contribution in [0.3, 0.4) is 0 Å². The lowest BCUT2D eigenvalue weighted by molar-refractivity contribution is -0.255. The average molecular weight is 252 g/mol. The largest absolute Gasteiger partial charge is 0.395 e. The normalized spacial score (nSPS) is 21.4. The van der Waals surface area contributed by atoms with Gasteiger partial charge in [-0.1, -0.05) is 13.3 Å². The fourth-order valence-corrected chi connectivity index (χ4v) is 2.29. The second kappa shape index (κ2) is 5.57. The van der Waals surface area contributed by atoms with Crippen LogP contribution in [0.15, 0.2) is 0 Å². The molecule has 0 aliphatic heterocycles. The molecular formula is C12H23F3N2. The Hall–Kier alpha value is -0.290. The maximum absolute atomic E-state index is 12.9. The van der Waals surface area contributed by atoms with Crippen LogP contribution in [0.25, 0.3) is 0 Å². The Balaban J connectivity index is 2.41. The first-order valence-corrected chi connectivity index (χ1v) is 6.26. The third-order valence-corrected chi connectivity index (χ3v) is 3.89. The molecule has 5 heteroatoms. The molecule has 1 aliphatic carbocycles. The minimum atomic E-state index is -4.06. The molecule has 0 amide bonds. The molecule has 1 atom stereocenters. The number of hydrogen-bond acceptors (Lipinski definition) is 2. The molecule has 1 saturated carbocycles. The topological polar surface area (TPSA) is 29.3 Å². The van der Waals surface area contributed by atoms with Crippen molar-refractivity contribution in [2.24, 2.45) is 17.1 Å². The molecule has 2 nitrogen and oxygen atoms in total. The highest BCUT2D eigenvalue weighted by Gasteiger charge is 2.58. The van der Waals surface area contributed by atoms with Crippen molar-refractivity contribution in [3.8, 4) is 0 Å². The molecule has 1 aliphatic rings. The highest BCUT2D eigenvalue weighted by Crippen LogP contribution is 2.53. The van der Waals surface area contributed by atoms with Crippen LogP contribution in [0.5, 0.6) is 0 Å². The molecule has 0 heterocycles. The molecule has 102 valence electrons. The van der Waals surface area contributed by atoms with E-state index in [1.165, 1.54) is 0 Å². The van der Waals surface area contributed by atoms with Crippen LogP contribution in [0.4, 0.5) is 13.2 Å². The summed E-state index contributed by atoms with van der Waals surface area (Å²) in [6.45, 7) is 3.44. The lowest BCUT2D eigenvalue weighted by Crippen LogP contribution is -2.51. The van der Waals surface area contributed by atoms with Crippen molar-refractivity contribution in [3.63, 3.8) is 0 Å². The minimum Gasteiger partial charge on any atom is -0.330 e. The number of nitrogens with zero attached hydrogens (tertiary/aromatic N) is 1. The van der Waals surface area contributed by atoms with Gasteiger partial charge >= 0.3 is 6.18 Å². The van der Waals surface area contributed by atoms with Crippen molar-refractivity contribution in [1.29, 1.82) is 0 Å². The van der Waals surface area contributed by atoms with Gasteiger partial charge in [0.25, 0.3) is 0 Å². The van der Waals surface area contributed by atoms with Crippen LogP contribution in [-0.2, 0) is 0 Å². The van der Waals surface area contributed by atoms with E-state index in [4.69, 9.17) is 5.73 Å².